The minimum atomic E-state index is 0.292. The van der Waals surface area contributed by atoms with Gasteiger partial charge in [-0.25, -0.2) is 0 Å². The highest BCUT2D eigenvalue weighted by atomic mass is 16.3. The zero-order chi connectivity index (χ0) is 13.0. The van der Waals surface area contributed by atoms with E-state index >= 15 is 0 Å². The first-order valence-corrected chi connectivity index (χ1v) is 6.95. The Morgan fingerprint density at radius 1 is 1.22 bits per heavy atom. The number of rotatable bonds is 3. The van der Waals surface area contributed by atoms with Gasteiger partial charge in [0.15, 0.2) is 0 Å². The molecule has 0 aromatic carbocycles. The summed E-state index contributed by atoms with van der Waals surface area (Å²) in [5.41, 5.74) is 1.21. The summed E-state index contributed by atoms with van der Waals surface area (Å²) >= 11 is 0. The van der Waals surface area contributed by atoms with Gasteiger partial charge in [-0.05, 0) is 50.4 Å². The molecule has 2 rings (SSSR count). The average Bonchev–Trinajstić information content (AvgIpc) is 2.54. The fourth-order valence-corrected chi connectivity index (χ4v) is 3.16. The van der Waals surface area contributed by atoms with E-state index in [-0.39, 0.29) is 0 Å². The van der Waals surface area contributed by atoms with Crippen molar-refractivity contribution in [3.05, 3.63) is 24.0 Å². The fraction of sp³-hybridized carbons (Fsp3) is 0.667. The van der Waals surface area contributed by atoms with Crippen LogP contribution in [0.3, 0.4) is 0 Å². The summed E-state index contributed by atoms with van der Waals surface area (Å²) in [5.74, 6) is 1.53. The SMILES string of the molecule is CN(C)CC1CCCCCC1c1cncc(O)c1. The molecule has 1 aliphatic carbocycles. The average molecular weight is 248 g/mol. The first-order valence-electron chi connectivity index (χ1n) is 6.95. The number of aromatic hydroxyl groups is 1. The van der Waals surface area contributed by atoms with Crippen molar-refractivity contribution in [2.75, 3.05) is 20.6 Å². The minimum absolute atomic E-state index is 0.292. The Bertz CT molecular complexity index is 379. The minimum Gasteiger partial charge on any atom is -0.506 e. The van der Waals surface area contributed by atoms with Gasteiger partial charge in [-0.2, -0.15) is 0 Å². The molecule has 3 nitrogen and oxygen atoms in total. The molecule has 1 heterocycles. The molecule has 1 aromatic rings. The molecule has 0 radical (unpaired) electrons. The number of aromatic nitrogens is 1. The maximum Gasteiger partial charge on any atom is 0.134 e. The van der Waals surface area contributed by atoms with Crippen LogP contribution in [0.4, 0.5) is 0 Å². The third-order valence-corrected chi connectivity index (χ3v) is 3.93. The Morgan fingerprint density at radius 2 is 2.00 bits per heavy atom. The van der Waals surface area contributed by atoms with Crippen molar-refractivity contribution in [2.45, 2.75) is 38.0 Å². The van der Waals surface area contributed by atoms with Gasteiger partial charge in [-0.3, -0.25) is 4.98 Å². The lowest BCUT2D eigenvalue weighted by atomic mass is 9.83. The molecule has 1 aromatic heterocycles. The van der Waals surface area contributed by atoms with Crippen LogP contribution in [-0.2, 0) is 0 Å². The summed E-state index contributed by atoms with van der Waals surface area (Å²) in [7, 11) is 4.28. The maximum atomic E-state index is 9.61. The van der Waals surface area contributed by atoms with Crippen LogP contribution in [-0.4, -0.2) is 35.6 Å². The van der Waals surface area contributed by atoms with Crippen LogP contribution < -0.4 is 0 Å². The van der Waals surface area contributed by atoms with Crippen LogP contribution in [0.15, 0.2) is 18.5 Å². The highest BCUT2D eigenvalue weighted by Crippen LogP contribution is 2.37. The Labute approximate surface area is 110 Å². The van der Waals surface area contributed by atoms with Gasteiger partial charge in [0, 0.05) is 12.7 Å². The summed E-state index contributed by atoms with van der Waals surface area (Å²) in [5, 5.41) is 9.61. The first-order chi connectivity index (χ1) is 8.66. The molecule has 1 aliphatic rings. The number of nitrogens with zero attached hydrogens (tertiary/aromatic N) is 2. The molecule has 0 aliphatic heterocycles. The second-order valence-electron chi connectivity index (χ2n) is 5.74. The second kappa shape index (κ2) is 6.19. The highest BCUT2D eigenvalue weighted by Gasteiger charge is 2.26. The summed E-state index contributed by atoms with van der Waals surface area (Å²) in [6.45, 7) is 1.13. The third kappa shape index (κ3) is 3.45. The highest BCUT2D eigenvalue weighted by molar-refractivity contribution is 5.25. The van der Waals surface area contributed by atoms with E-state index < -0.39 is 0 Å². The van der Waals surface area contributed by atoms with Gasteiger partial charge in [-0.1, -0.05) is 19.3 Å². The van der Waals surface area contributed by atoms with Crippen LogP contribution in [0.5, 0.6) is 5.75 Å². The summed E-state index contributed by atoms with van der Waals surface area (Å²) in [6.07, 6.45) is 9.93. The Balaban J connectivity index is 2.19. The number of hydrogen-bond acceptors (Lipinski definition) is 3. The van der Waals surface area contributed by atoms with Crippen LogP contribution in [0.1, 0.15) is 43.6 Å². The molecule has 18 heavy (non-hydrogen) atoms. The van der Waals surface area contributed by atoms with Crippen molar-refractivity contribution in [1.82, 2.24) is 9.88 Å². The lowest BCUT2D eigenvalue weighted by molar-refractivity contribution is 0.276. The molecule has 1 saturated carbocycles. The van der Waals surface area contributed by atoms with Crippen molar-refractivity contribution >= 4 is 0 Å². The summed E-state index contributed by atoms with van der Waals surface area (Å²) < 4.78 is 0. The Hall–Kier alpha value is -1.09. The molecule has 2 atom stereocenters. The molecule has 0 bridgehead atoms. The molecule has 1 fully saturated rings. The molecule has 1 N–H and O–H groups in total. The van der Waals surface area contributed by atoms with E-state index in [0.717, 1.165) is 6.54 Å². The Kier molecular flexibility index (Phi) is 4.59. The standard InChI is InChI=1S/C15H24N2O/c1-17(2)11-12-6-4-3-5-7-15(12)13-8-14(18)10-16-9-13/h8-10,12,15,18H,3-7,11H2,1-2H3. The first kappa shape index (κ1) is 13.3. The molecule has 0 saturated heterocycles. The predicted octanol–water partition coefficient (Wildman–Crippen LogP) is 3.01. The van der Waals surface area contributed by atoms with Gasteiger partial charge in [0.1, 0.15) is 5.75 Å². The lowest BCUT2D eigenvalue weighted by Crippen LogP contribution is -2.26. The van der Waals surface area contributed by atoms with Crippen molar-refractivity contribution in [2.24, 2.45) is 5.92 Å². The maximum absolute atomic E-state index is 9.61. The summed E-state index contributed by atoms with van der Waals surface area (Å²) in [6, 6.07) is 1.89. The van der Waals surface area contributed by atoms with Gasteiger partial charge in [0.2, 0.25) is 0 Å². The van der Waals surface area contributed by atoms with E-state index in [0.29, 0.717) is 17.6 Å². The molecule has 100 valence electrons. The van der Waals surface area contributed by atoms with Crippen LogP contribution in [0.25, 0.3) is 0 Å². The smallest absolute Gasteiger partial charge is 0.134 e. The van der Waals surface area contributed by atoms with Crippen LogP contribution >= 0.6 is 0 Å². The van der Waals surface area contributed by atoms with E-state index in [2.05, 4.69) is 24.0 Å². The number of hydrogen-bond donors (Lipinski definition) is 1. The van der Waals surface area contributed by atoms with Gasteiger partial charge in [0.05, 0.1) is 6.20 Å². The van der Waals surface area contributed by atoms with Gasteiger partial charge < -0.3 is 10.0 Å². The zero-order valence-corrected chi connectivity index (χ0v) is 11.5. The third-order valence-electron chi connectivity index (χ3n) is 3.93. The predicted molar refractivity (Wildman–Crippen MR) is 73.8 cm³/mol. The second-order valence-corrected chi connectivity index (χ2v) is 5.74. The van der Waals surface area contributed by atoms with Gasteiger partial charge >= 0.3 is 0 Å². The topological polar surface area (TPSA) is 36.4 Å². The molecule has 0 amide bonds. The van der Waals surface area contributed by atoms with Gasteiger partial charge in [0.25, 0.3) is 0 Å². The van der Waals surface area contributed by atoms with E-state index in [4.69, 9.17) is 0 Å². The molecular weight excluding hydrogens is 224 g/mol. The van der Waals surface area contributed by atoms with Crippen molar-refractivity contribution in [3.8, 4) is 5.75 Å². The van der Waals surface area contributed by atoms with E-state index in [1.165, 1.54) is 43.9 Å². The zero-order valence-electron chi connectivity index (χ0n) is 11.5. The van der Waals surface area contributed by atoms with E-state index in [9.17, 15) is 5.11 Å². The molecular formula is C15H24N2O. The van der Waals surface area contributed by atoms with Crippen molar-refractivity contribution in [3.63, 3.8) is 0 Å². The quantitative estimate of drug-likeness (QED) is 0.835. The molecule has 3 heteroatoms. The van der Waals surface area contributed by atoms with E-state index in [1.54, 1.807) is 0 Å². The molecule has 0 spiro atoms. The number of pyridine rings is 1. The fourth-order valence-electron chi connectivity index (χ4n) is 3.16. The van der Waals surface area contributed by atoms with Crippen LogP contribution in [0.2, 0.25) is 0 Å². The lowest BCUT2D eigenvalue weighted by Gasteiger charge is -2.28. The molecule has 2 unspecified atom stereocenters. The largest absolute Gasteiger partial charge is 0.506 e. The van der Waals surface area contributed by atoms with Crippen molar-refractivity contribution < 1.29 is 5.11 Å². The van der Waals surface area contributed by atoms with Crippen molar-refractivity contribution in [1.29, 1.82) is 0 Å². The van der Waals surface area contributed by atoms with Crippen LogP contribution in [0, 0.1) is 5.92 Å². The summed E-state index contributed by atoms with van der Waals surface area (Å²) in [4.78, 5) is 6.42. The van der Waals surface area contributed by atoms with E-state index in [1.807, 2.05) is 12.3 Å². The van der Waals surface area contributed by atoms with Gasteiger partial charge in [-0.15, -0.1) is 0 Å². The monoisotopic (exact) mass is 248 g/mol. The Morgan fingerprint density at radius 3 is 2.72 bits per heavy atom. The normalized spacial score (nSPS) is 25.1.